The van der Waals surface area contributed by atoms with Crippen LogP contribution in [0.25, 0.3) is 0 Å². The second-order valence-electron chi connectivity index (χ2n) is 5.73. The molecule has 3 amide bonds. The van der Waals surface area contributed by atoms with Crippen LogP contribution >= 0.6 is 0 Å². The van der Waals surface area contributed by atoms with Crippen LogP contribution < -0.4 is 5.32 Å². The molecule has 1 aromatic rings. The summed E-state index contributed by atoms with van der Waals surface area (Å²) in [6.07, 6.45) is 0. The summed E-state index contributed by atoms with van der Waals surface area (Å²) in [5, 5.41) is 2.81. The van der Waals surface area contributed by atoms with Gasteiger partial charge in [0, 0.05) is 6.54 Å². The van der Waals surface area contributed by atoms with E-state index in [1.165, 1.54) is 4.90 Å². The van der Waals surface area contributed by atoms with Gasteiger partial charge in [-0.15, -0.1) is 0 Å². The zero-order valence-corrected chi connectivity index (χ0v) is 11.9. The van der Waals surface area contributed by atoms with Gasteiger partial charge in [-0.3, -0.25) is 9.69 Å². The highest BCUT2D eigenvalue weighted by molar-refractivity contribution is 6.07. The van der Waals surface area contributed by atoms with E-state index in [1.807, 2.05) is 45.0 Å². The Morgan fingerprint density at radius 3 is 2.32 bits per heavy atom. The van der Waals surface area contributed by atoms with E-state index in [0.717, 1.165) is 11.1 Å². The SMILES string of the molecule is Cc1ccc([C@@]2(C)NC(=O)N(CC(C)C)C2=O)cc1. The quantitative estimate of drug-likeness (QED) is 0.848. The van der Waals surface area contributed by atoms with Crippen LogP contribution in [-0.4, -0.2) is 23.4 Å². The number of amides is 3. The molecule has 1 fully saturated rings. The fourth-order valence-electron chi connectivity index (χ4n) is 2.31. The molecular weight excluding hydrogens is 240 g/mol. The second kappa shape index (κ2) is 4.68. The van der Waals surface area contributed by atoms with Crippen LogP contribution in [0.4, 0.5) is 4.79 Å². The van der Waals surface area contributed by atoms with Crippen molar-refractivity contribution in [1.29, 1.82) is 0 Å². The first-order chi connectivity index (χ1) is 8.84. The Balaban J connectivity index is 2.32. The summed E-state index contributed by atoms with van der Waals surface area (Å²) < 4.78 is 0. The standard InChI is InChI=1S/C15H20N2O2/c1-10(2)9-17-13(18)15(4,16-14(17)19)12-7-5-11(3)6-8-12/h5-8,10H,9H2,1-4H3,(H,16,19)/t15-/m1/s1. The molecule has 1 aliphatic heterocycles. The maximum atomic E-state index is 12.5. The maximum Gasteiger partial charge on any atom is 0.325 e. The number of hydrogen-bond acceptors (Lipinski definition) is 2. The highest BCUT2D eigenvalue weighted by Crippen LogP contribution is 2.29. The number of rotatable bonds is 3. The summed E-state index contributed by atoms with van der Waals surface area (Å²) >= 11 is 0. The minimum absolute atomic E-state index is 0.171. The van der Waals surface area contributed by atoms with Crippen molar-refractivity contribution in [3.63, 3.8) is 0 Å². The zero-order valence-electron chi connectivity index (χ0n) is 11.9. The fraction of sp³-hybridized carbons (Fsp3) is 0.467. The Labute approximate surface area is 113 Å². The van der Waals surface area contributed by atoms with Gasteiger partial charge in [-0.05, 0) is 25.3 Å². The molecule has 1 heterocycles. The molecule has 0 unspecified atom stereocenters. The van der Waals surface area contributed by atoms with Gasteiger partial charge in [0.1, 0.15) is 5.54 Å². The highest BCUT2D eigenvalue weighted by Gasteiger charge is 2.48. The molecule has 2 rings (SSSR count). The van der Waals surface area contributed by atoms with E-state index in [2.05, 4.69) is 5.32 Å². The van der Waals surface area contributed by atoms with Crippen LogP contribution in [0.3, 0.4) is 0 Å². The molecule has 0 radical (unpaired) electrons. The van der Waals surface area contributed by atoms with E-state index in [0.29, 0.717) is 6.54 Å². The van der Waals surface area contributed by atoms with E-state index >= 15 is 0 Å². The molecule has 1 aromatic carbocycles. The molecule has 0 bridgehead atoms. The van der Waals surface area contributed by atoms with Crippen LogP contribution in [0.5, 0.6) is 0 Å². The van der Waals surface area contributed by atoms with Gasteiger partial charge in [0.05, 0.1) is 0 Å². The first kappa shape index (κ1) is 13.6. The molecule has 4 nitrogen and oxygen atoms in total. The summed E-state index contributed by atoms with van der Waals surface area (Å²) in [5.74, 6) is 0.0881. The lowest BCUT2D eigenvalue weighted by atomic mass is 9.91. The number of carbonyl (C=O) groups is 2. The van der Waals surface area contributed by atoms with Crippen LogP contribution in [-0.2, 0) is 10.3 Å². The maximum absolute atomic E-state index is 12.5. The van der Waals surface area contributed by atoms with Crippen molar-refractivity contribution in [2.24, 2.45) is 5.92 Å². The Morgan fingerprint density at radius 2 is 1.79 bits per heavy atom. The molecule has 1 aliphatic rings. The van der Waals surface area contributed by atoms with Gasteiger partial charge in [0.15, 0.2) is 0 Å². The first-order valence-electron chi connectivity index (χ1n) is 6.56. The number of urea groups is 1. The third-order valence-corrected chi connectivity index (χ3v) is 3.45. The third-order valence-electron chi connectivity index (χ3n) is 3.45. The lowest BCUT2D eigenvalue weighted by molar-refractivity contribution is -0.131. The minimum Gasteiger partial charge on any atom is -0.319 e. The van der Waals surface area contributed by atoms with Crippen molar-refractivity contribution in [3.05, 3.63) is 35.4 Å². The number of benzene rings is 1. The average molecular weight is 260 g/mol. The summed E-state index contributed by atoms with van der Waals surface area (Å²) in [6, 6.07) is 7.39. The molecule has 1 N–H and O–H groups in total. The van der Waals surface area contributed by atoms with Gasteiger partial charge in [-0.25, -0.2) is 4.79 Å². The number of aryl methyl sites for hydroxylation is 1. The molecule has 0 aliphatic carbocycles. The predicted octanol–water partition coefficient (Wildman–Crippen LogP) is 2.42. The molecule has 1 atom stereocenters. The molecule has 19 heavy (non-hydrogen) atoms. The minimum atomic E-state index is -0.945. The number of nitrogens with zero attached hydrogens (tertiary/aromatic N) is 1. The fourth-order valence-corrected chi connectivity index (χ4v) is 2.31. The van der Waals surface area contributed by atoms with E-state index in [1.54, 1.807) is 6.92 Å². The zero-order chi connectivity index (χ0) is 14.2. The Hall–Kier alpha value is -1.84. The second-order valence-corrected chi connectivity index (χ2v) is 5.73. The molecule has 0 spiro atoms. The van der Waals surface area contributed by atoms with Gasteiger partial charge in [0.25, 0.3) is 5.91 Å². The number of hydrogen-bond donors (Lipinski definition) is 1. The van der Waals surface area contributed by atoms with E-state index < -0.39 is 5.54 Å². The van der Waals surface area contributed by atoms with Gasteiger partial charge in [0.2, 0.25) is 0 Å². The lowest BCUT2D eigenvalue weighted by Gasteiger charge is -2.22. The van der Waals surface area contributed by atoms with Crippen LogP contribution in [0.15, 0.2) is 24.3 Å². The van der Waals surface area contributed by atoms with Crippen molar-refractivity contribution >= 4 is 11.9 Å². The van der Waals surface area contributed by atoms with Gasteiger partial charge < -0.3 is 5.32 Å². The number of carbonyl (C=O) groups excluding carboxylic acids is 2. The summed E-state index contributed by atoms with van der Waals surface area (Å²) in [4.78, 5) is 25.8. The molecule has 1 saturated heterocycles. The van der Waals surface area contributed by atoms with Crippen molar-refractivity contribution in [3.8, 4) is 0 Å². The largest absolute Gasteiger partial charge is 0.325 e. The van der Waals surface area contributed by atoms with Gasteiger partial charge >= 0.3 is 6.03 Å². The van der Waals surface area contributed by atoms with Crippen LogP contribution in [0.2, 0.25) is 0 Å². The summed E-state index contributed by atoms with van der Waals surface area (Å²) in [5.41, 5.74) is 1.01. The third kappa shape index (κ3) is 2.35. The average Bonchev–Trinajstić information content (AvgIpc) is 2.54. The van der Waals surface area contributed by atoms with E-state index in [9.17, 15) is 9.59 Å². The highest BCUT2D eigenvalue weighted by atomic mass is 16.2. The van der Waals surface area contributed by atoms with Crippen LogP contribution in [0.1, 0.15) is 31.9 Å². The Morgan fingerprint density at radius 1 is 1.21 bits per heavy atom. The lowest BCUT2D eigenvalue weighted by Crippen LogP contribution is -2.41. The van der Waals surface area contributed by atoms with Gasteiger partial charge in [-0.2, -0.15) is 0 Å². The smallest absolute Gasteiger partial charge is 0.319 e. The Kier molecular flexibility index (Phi) is 3.35. The molecule has 4 heteroatoms. The van der Waals surface area contributed by atoms with Crippen molar-refractivity contribution in [2.45, 2.75) is 33.2 Å². The Bertz CT molecular complexity index is 507. The van der Waals surface area contributed by atoms with Crippen molar-refractivity contribution in [2.75, 3.05) is 6.54 Å². The van der Waals surface area contributed by atoms with E-state index in [4.69, 9.17) is 0 Å². The van der Waals surface area contributed by atoms with Crippen molar-refractivity contribution < 1.29 is 9.59 Å². The summed E-state index contributed by atoms with van der Waals surface area (Å²) in [6.45, 7) is 8.18. The summed E-state index contributed by atoms with van der Waals surface area (Å²) in [7, 11) is 0. The number of nitrogens with one attached hydrogen (secondary N) is 1. The molecule has 102 valence electrons. The molecular formula is C15H20N2O2. The van der Waals surface area contributed by atoms with Crippen LogP contribution in [0, 0.1) is 12.8 Å². The predicted molar refractivity (Wildman–Crippen MR) is 73.6 cm³/mol. The topological polar surface area (TPSA) is 49.4 Å². The van der Waals surface area contributed by atoms with E-state index in [-0.39, 0.29) is 17.9 Å². The normalized spacial score (nSPS) is 23.1. The van der Waals surface area contributed by atoms with Crippen molar-refractivity contribution in [1.82, 2.24) is 10.2 Å². The van der Waals surface area contributed by atoms with Gasteiger partial charge in [-0.1, -0.05) is 43.7 Å². The molecule has 0 saturated carbocycles. The number of imide groups is 1. The monoisotopic (exact) mass is 260 g/mol. The first-order valence-corrected chi connectivity index (χ1v) is 6.56. The molecule has 0 aromatic heterocycles.